The SMILES string of the molecule is CC1CN(Cc2cc(C#CCO)cs2)S(=O)(=O)C1. The minimum absolute atomic E-state index is 0.163. The molecule has 0 aliphatic carbocycles. The first kappa shape index (κ1) is 13.6. The molecule has 0 radical (unpaired) electrons. The van der Waals surface area contributed by atoms with Crippen molar-refractivity contribution in [2.24, 2.45) is 5.92 Å². The Hall–Kier alpha value is -0.870. The smallest absolute Gasteiger partial charge is 0.214 e. The maximum Gasteiger partial charge on any atom is 0.214 e. The van der Waals surface area contributed by atoms with Crippen LogP contribution < -0.4 is 0 Å². The molecule has 18 heavy (non-hydrogen) atoms. The van der Waals surface area contributed by atoms with Crippen molar-refractivity contribution in [1.82, 2.24) is 4.31 Å². The Morgan fingerprint density at radius 2 is 2.39 bits per heavy atom. The van der Waals surface area contributed by atoms with Crippen molar-refractivity contribution in [1.29, 1.82) is 0 Å². The molecule has 1 fully saturated rings. The molecular formula is C12H15NO3S2. The van der Waals surface area contributed by atoms with Gasteiger partial charge in [-0.25, -0.2) is 8.42 Å². The second-order valence-corrected chi connectivity index (χ2v) is 7.45. The molecule has 1 aliphatic rings. The number of thiophene rings is 1. The van der Waals surface area contributed by atoms with E-state index in [-0.39, 0.29) is 18.3 Å². The van der Waals surface area contributed by atoms with Crippen molar-refractivity contribution in [2.45, 2.75) is 13.5 Å². The molecule has 1 unspecified atom stereocenters. The molecule has 1 saturated heterocycles. The van der Waals surface area contributed by atoms with Gasteiger partial charge < -0.3 is 5.11 Å². The monoisotopic (exact) mass is 285 g/mol. The zero-order chi connectivity index (χ0) is 13.2. The van der Waals surface area contributed by atoms with E-state index in [1.807, 2.05) is 18.4 Å². The van der Waals surface area contributed by atoms with E-state index < -0.39 is 10.0 Å². The summed E-state index contributed by atoms with van der Waals surface area (Å²) in [5.41, 5.74) is 0.827. The predicted molar refractivity (Wildman–Crippen MR) is 71.6 cm³/mol. The van der Waals surface area contributed by atoms with E-state index in [1.165, 1.54) is 15.6 Å². The lowest BCUT2D eigenvalue weighted by Crippen LogP contribution is -2.24. The molecule has 1 N–H and O–H groups in total. The lowest BCUT2D eigenvalue weighted by Gasteiger charge is -2.12. The molecule has 0 bridgehead atoms. The van der Waals surface area contributed by atoms with E-state index in [9.17, 15) is 8.42 Å². The van der Waals surface area contributed by atoms with Gasteiger partial charge in [0.1, 0.15) is 6.61 Å². The van der Waals surface area contributed by atoms with E-state index in [4.69, 9.17) is 5.11 Å². The fraction of sp³-hybridized carbons (Fsp3) is 0.500. The van der Waals surface area contributed by atoms with E-state index >= 15 is 0 Å². The van der Waals surface area contributed by atoms with Crippen LogP contribution in [0.25, 0.3) is 0 Å². The van der Waals surface area contributed by atoms with Gasteiger partial charge in [0.05, 0.1) is 5.75 Å². The van der Waals surface area contributed by atoms with Gasteiger partial charge in [0, 0.05) is 28.9 Å². The number of aliphatic hydroxyl groups is 1. The van der Waals surface area contributed by atoms with E-state index in [0.717, 1.165) is 10.4 Å². The van der Waals surface area contributed by atoms with Gasteiger partial charge in [-0.05, 0) is 12.0 Å². The second-order valence-electron chi connectivity index (χ2n) is 4.44. The van der Waals surface area contributed by atoms with Crippen molar-refractivity contribution in [3.63, 3.8) is 0 Å². The maximum atomic E-state index is 11.8. The predicted octanol–water partition coefficient (Wildman–Crippen LogP) is 0.873. The van der Waals surface area contributed by atoms with Crippen LogP contribution in [0.15, 0.2) is 11.4 Å². The first-order chi connectivity index (χ1) is 8.51. The molecule has 2 rings (SSSR count). The average molecular weight is 285 g/mol. The fourth-order valence-corrected chi connectivity index (χ4v) is 4.75. The number of hydrogen-bond acceptors (Lipinski definition) is 4. The number of rotatable bonds is 2. The highest BCUT2D eigenvalue weighted by molar-refractivity contribution is 7.89. The van der Waals surface area contributed by atoms with Crippen LogP contribution in [0.2, 0.25) is 0 Å². The number of aliphatic hydroxyl groups excluding tert-OH is 1. The zero-order valence-corrected chi connectivity index (χ0v) is 11.7. The van der Waals surface area contributed by atoms with Crippen molar-refractivity contribution >= 4 is 21.4 Å². The highest BCUT2D eigenvalue weighted by Gasteiger charge is 2.33. The third-order valence-corrected chi connectivity index (χ3v) is 5.68. The van der Waals surface area contributed by atoms with E-state index in [0.29, 0.717) is 13.1 Å². The van der Waals surface area contributed by atoms with Gasteiger partial charge in [-0.15, -0.1) is 11.3 Å². The van der Waals surface area contributed by atoms with Crippen LogP contribution in [-0.4, -0.2) is 36.7 Å². The summed E-state index contributed by atoms with van der Waals surface area (Å²) in [7, 11) is -3.08. The topological polar surface area (TPSA) is 57.6 Å². The number of nitrogens with zero attached hydrogens (tertiary/aromatic N) is 1. The normalized spacial score (nSPS) is 22.7. The lowest BCUT2D eigenvalue weighted by molar-refractivity contribution is 0.350. The van der Waals surface area contributed by atoms with Gasteiger partial charge in [-0.1, -0.05) is 18.8 Å². The molecule has 2 heterocycles. The van der Waals surface area contributed by atoms with Crippen molar-refractivity contribution in [2.75, 3.05) is 18.9 Å². The molecule has 1 aromatic rings. The van der Waals surface area contributed by atoms with Gasteiger partial charge in [0.2, 0.25) is 10.0 Å². The molecule has 0 spiro atoms. The third kappa shape index (κ3) is 3.12. The fourth-order valence-electron chi connectivity index (χ4n) is 1.99. The van der Waals surface area contributed by atoms with Gasteiger partial charge in [-0.3, -0.25) is 0 Å². The van der Waals surface area contributed by atoms with Crippen molar-refractivity contribution in [3.05, 3.63) is 21.9 Å². The Bertz CT molecular complexity index is 580. The first-order valence-corrected chi connectivity index (χ1v) is 8.15. The van der Waals surface area contributed by atoms with E-state index in [2.05, 4.69) is 11.8 Å². The maximum absolute atomic E-state index is 11.8. The Morgan fingerprint density at radius 3 is 3.00 bits per heavy atom. The minimum atomic E-state index is -3.08. The van der Waals surface area contributed by atoms with Crippen molar-refractivity contribution in [3.8, 4) is 11.8 Å². The zero-order valence-electron chi connectivity index (χ0n) is 10.1. The molecule has 1 atom stereocenters. The Balaban J connectivity index is 2.08. The van der Waals surface area contributed by atoms with Gasteiger partial charge >= 0.3 is 0 Å². The van der Waals surface area contributed by atoms with Crippen LogP contribution in [0.4, 0.5) is 0 Å². The Kier molecular flexibility index (Phi) is 4.07. The summed E-state index contributed by atoms with van der Waals surface area (Å²) >= 11 is 1.50. The van der Waals surface area contributed by atoms with Crippen LogP contribution in [0.1, 0.15) is 17.4 Å². The van der Waals surface area contributed by atoms with Gasteiger partial charge in [-0.2, -0.15) is 4.31 Å². The highest BCUT2D eigenvalue weighted by atomic mass is 32.2. The van der Waals surface area contributed by atoms with E-state index in [1.54, 1.807) is 0 Å². The summed E-state index contributed by atoms with van der Waals surface area (Å²) in [6.45, 7) is 2.81. The second kappa shape index (κ2) is 5.41. The minimum Gasteiger partial charge on any atom is -0.384 e. The summed E-state index contributed by atoms with van der Waals surface area (Å²) in [6.07, 6.45) is 0. The number of hydrogen-bond donors (Lipinski definition) is 1. The summed E-state index contributed by atoms with van der Waals surface area (Å²) in [5.74, 6) is 5.83. The van der Waals surface area contributed by atoms with Crippen molar-refractivity contribution < 1.29 is 13.5 Å². The number of sulfonamides is 1. The molecule has 4 nitrogen and oxygen atoms in total. The van der Waals surface area contributed by atoms with Crippen LogP contribution >= 0.6 is 11.3 Å². The summed E-state index contributed by atoms with van der Waals surface area (Å²) < 4.78 is 25.2. The molecule has 1 aliphatic heterocycles. The molecule has 0 amide bonds. The van der Waals surface area contributed by atoms with Gasteiger partial charge in [0.15, 0.2) is 0 Å². The quantitative estimate of drug-likeness (QED) is 0.821. The standard InChI is InChI=1S/C12H15NO3S2/c1-10-6-13(18(15,16)9-10)7-12-5-11(8-17-12)3-2-4-14/h5,8,10,14H,4,6-7,9H2,1H3. The highest BCUT2D eigenvalue weighted by Crippen LogP contribution is 2.24. The van der Waals surface area contributed by atoms with Gasteiger partial charge in [0.25, 0.3) is 0 Å². The van der Waals surface area contributed by atoms with Crippen LogP contribution in [-0.2, 0) is 16.6 Å². The Morgan fingerprint density at radius 1 is 1.61 bits per heavy atom. The van der Waals surface area contributed by atoms with Crippen LogP contribution in [0, 0.1) is 17.8 Å². The Labute approximate surface area is 111 Å². The molecule has 0 aromatic carbocycles. The molecular weight excluding hydrogens is 270 g/mol. The summed E-state index contributed by atoms with van der Waals surface area (Å²) in [4.78, 5) is 0.981. The first-order valence-electron chi connectivity index (χ1n) is 5.66. The summed E-state index contributed by atoms with van der Waals surface area (Å²) in [5, 5.41) is 10.5. The molecule has 1 aromatic heterocycles. The third-order valence-electron chi connectivity index (χ3n) is 2.70. The summed E-state index contributed by atoms with van der Waals surface area (Å²) in [6, 6.07) is 1.88. The van der Waals surface area contributed by atoms with Crippen LogP contribution in [0.5, 0.6) is 0 Å². The van der Waals surface area contributed by atoms with Crippen LogP contribution in [0.3, 0.4) is 0 Å². The molecule has 98 valence electrons. The lowest BCUT2D eigenvalue weighted by atomic mass is 10.2. The molecule has 6 heteroatoms. The molecule has 0 saturated carbocycles. The average Bonchev–Trinajstić information content (AvgIpc) is 2.81. The largest absolute Gasteiger partial charge is 0.384 e.